The highest BCUT2D eigenvalue weighted by Gasteiger charge is 2.34. The summed E-state index contributed by atoms with van der Waals surface area (Å²) >= 11 is 0. The third-order valence-corrected chi connectivity index (χ3v) is 5.56. The van der Waals surface area contributed by atoms with E-state index in [9.17, 15) is 18.8 Å². The number of anilines is 1. The molecule has 1 aliphatic heterocycles. The van der Waals surface area contributed by atoms with E-state index in [1.165, 1.54) is 11.0 Å². The average molecular weight is 425 g/mol. The number of hydrogen-bond donors (Lipinski definition) is 1. The van der Waals surface area contributed by atoms with Crippen molar-refractivity contribution in [1.82, 2.24) is 4.90 Å². The number of halogens is 1. The lowest BCUT2D eigenvalue weighted by molar-refractivity contribution is -0.116. The lowest BCUT2D eigenvalue weighted by atomic mass is 10.1. The minimum Gasteiger partial charge on any atom is -0.324 e. The number of imide groups is 1. The maximum absolute atomic E-state index is 13.5. The van der Waals surface area contributed by atoms with Gasteiger partial charge in [-0.15, -0.1) is 0 Å². The van der Waals surface area contributed by atoms with Gasteiger partial charge in [-0.2, -0.15) is 0 Å². The molecule has 0 saturated carbocycles. The van der Waals surface area contributed by atoms with Gasteiger partial charge in [0.1, 0.15) is 5.82 Å². The Bertz CT molecular complexity index is 893. The SMILES string of the molecule is O=C(CCCCCCCCCCN1C(=O)c2ccccc2C1=O)Nc1ccccc1F. The van der Waals surface area contributed by atoms with Crippen LogP contribution in [0.1, 0.15) is 78.5 Å². The van der Waals surface area contributed by atoms with Crippen molar-refractivity contribution in [3.63, 3.8) is 0 Å². The normalized spacial score (nSPS) is 12.9. The summed E-state index contributed by atoms with van der Waals surface area (Å²) in [7, 11) is 0. The Hall–Kier alpha value is -3.02. The zero-order valence-electron chi connectivity index (χ0n) is 17.7. The summed E-state index contributed by atoms with van der Waals surface area (Å²) < 4.78 is 13.5. The smallest absolute Gasteiger partial charge is 0.261 e. The maximum atomic E-state index is 13.5. The van der Waals surface area contributed by atoms with Crippen LogP contribution in [-0.2, 0) is 4.79 Å². The van der Waals surface area contributed by atoms with Crippen LogP contribution in [0.4, 0.5) is 10.1 Å². The van der Waals surface area contributed by atoms with Gasteiger partial charge in [0.15, 0.2) is 0 Å². The zero-order chi connectivity index (χ0) is 22.1. The number of unbranched alkanes of at least 4 members (excludes halogenated alkanes) is 7. The van der Waals surface area contributed by atoms with Crippen LogP contribution in [0, 0.1) is 5.82 Å². The van der Waals surface area contributed by atoms with Gasteiger partial charge in [0.25, 0.3) is 11.8 Å². The summed E-state index contributed by atoms with van der Waals surface area (Å²) in [4.78, 5) is 37.8. The molecule has 1 N–H and O–H groups in total. The first-order valence-electron chi connectivity index (χ1n) is 11.1. The van der Waals surface area contributed by atoms with Crippen molar-refractivity contribution in [2.75, 3.05) is 11.9 Å². The summed E-state index contributed by atoms with van der Waals surface area (Å²) in [6.07, 6.45) is 8.29. The number of carbonyl (C=O) groups excluding carboxylic acids is 3. The number of amides is 3. The molecule has 0 aromatic heterocycles. The highest BCUT2D eigenvalue weighted by Crippen LogP contribution is 2.23. The van der Waals surface area contributed by atoms with Crippen molar-refractivity contribution in [2.24, 2.45) is 0 Å². The van der Waals surface area contributed by atoms with Crippen LogP contribution in [0.3, 0.4) is 0 Å². The molecule has 2 aromatic carbocycles. The number of nitrogens with one attached hydrogen (secondary N) is 1. The van der Waals surface area contributed by atoms with E-state index >= 15 is 0 Å². The number of carbonyl (C=O) groups is 3. The van der Waals surface area contributed by atoms with Gasteiger partial charge in [-0.05, 0) is 37.1 Å². The first-order chi connectivity index (χ1) is 15.1. The predicted octanol–water partition coefficient (Wildman–Crippen LogP) is 5.57. The molecule has 0 aliphatic carbocycles. The highest BCUT2D eigenvalue weighted by molar-refractivity contribution is 6.21. The van der Waals surface area contributed by atoms with Crippen LogP contribution >= 0.6 is 0 Å². The first kappa shape index (κ1) is 22.7. The Kier molecular flexibility index (Phi) is 8.33. The maximum Gasteiger partial charge on any atom is 0.261 e. The third-order valence-electron chi connectivity index (χ3n) is 5.56. The van der Waals surface area contributed by atoms with Crippen LogP contribution in [0.5, 0.6) is 0 Å². The van der Waals surface area contributed by atoms with E-state index in [1.807, 2.05) is 0 Å². The summed E-state index contributed by atoms with van der Waals surface area (Å²) in [6.45, 7) is 0.476. The van der Waals surface area contributed by atoms with Crippen molar-refractivity contribution in [1.29, 1.82) is 0 Å². The number of para-hydroxylation sites is 1. The second-order valence-corrected chi connectivity index (χ2v) is 7.91. The topological polar surface area (TPSA) is 66.5 Å². The van der Waals surface area contributed by atoms with Gasteiger partial charge in [0.2, 0.25) is 5.91 Å². The molecule has 2 aromatic rings. The number of benzene rings is 2. The van der Waals surface area contributed by atoms with Crippen molar-refractivity contribution in [2.45, 2.75) is 57.8 Å². The Morgan fingerprint density at radius 2 is 1.26 bits per heavy atom. The average Bonchev–Trinajstić information content (AvgIpc) is 3.01. The van der Waals surface area contributed by atoms with E-state index in [0.29, 0.717) is 24.1 Å². The molecule has 3 amide bonds. The van der Waals surface area contributed by atoms with Gasteiger partial charge < -0.3 is 5.32 Å². The Balaban J connectivity index is 1.19. The summed E-state index contributed by atoms with van der Waals surface area (Å²) in [5.74, 6) is -0.934. The van der Waals surface area contributed by atoms with Gasteiger partial charge in [-0.3, -0.25) is 19.3 Å². The molecular weight excluding hydrogens is 395 g/mol. The lowest BCUT2D eigenvalue weighted by Gasteiger charge is -2.13. The van der Waals surface area contributed by atoms with Crippen LogP contribution in [0.15, 0.2) is 48.5 Å². The number of rotatable bonds is 12. The number of hydrogen-bond acceptors (Lipinski definition) is 3. The Morgan fingerprint density at radius 3 is 1.87 bits per heavy atom. The molecule has 0 unspecified atom stereocenters. The van der Waals surface area contributed by atoms with Gasteiger partial charge in [0.05, 0.1) is 16.8 Å². The molecule has 0 atom stereocenters. The van der Waals surface area contributed by atoms with Crippen LogP contribution in [-0.4, -0.2) is 29.2 Å². The van der Waals surface area contributed by atoms with Crippen molar-refractivity contribution < 1.29 is 18.8 Å². The molecule has 1 aliphatic rings. The molecule has 0 saturated heterocycles. The molecule has 0 bridgehead atoms. The predicted molar refractivity (Wildman–Crippen MR) is 118 cm³/mol. The minimum absolute atomic E-state index is 0.154. The monoisotopic (exact) mass is 424 g/mol. The summed E-state index contributed by atoms with van der Waals surface area (Å²) in [5, 5.41) is 2.60. The molecule has 0 radical (unpaired) electrons. The fourth-order valence-electron chi connectivity index (χ4n) is 3.83. The summed E-state index contributed by atoms with van der Waals surface area (Å²) in [5.41, 5.74) is 1.25. The standard InChI is InChI=1S/C25H29FN2O3/c26-21-15-10-11-16-22(21)27-23(29)17-7-5-3-1-2-4-6-12-18-28-24(30)19-13-8-9-14-20(19)25(28)31/h8-11,13-16H,1-7,12,17-18H2,(H,27,29). The lowest BCUT2D eigenvalue weighted by Crippen LogP contribution is -2.30. The summed E-state index contributed by atoms with van der Waals surface area (Å²) in [6, 6.07) is 13.1. The van der Waals surface area contributed by atoms with Gasteiger partial charge >= 0.3 is 0 Å². The van der Waals surface area contributed by atoms with E-state index in [1.54, 1.807) is 42.5 Å². The quantitative estimate of drug-likeness (QED) is 0.358. The largest absolute Gasteiger partial charge is 0.324 e. The third kappa shape index (κ3) is 6.23. The highest BCUT2D eigenvalue weighted by atomic mass is 19.1. The number of fused-ring (bicyclic) bond motifs is 1. The van der Waals surface area contributed by atoms with Crippen LogP contribution in [0.2, 0.25) is 0 Å². The first-order valence-corrected chi connectivity index (χ1v) is 11.1. The van der Waals surface area contributed by atoms with Crippen molar-refractivity contribution >= 4 is 23.4 Å². The van der Waals surface area contributed by atoms with E-state index in [-0.39, 0.29) is 23.4 Å². The fraction of sp³-hybridized carbons (Fsp3) is 0.400. The van der Waals surface area contributed by atoms with E-state index in [4.69, 9.17) is 0 Å². The van der Waals surface area contributed by atoms with Crippen LogP contribution in [0.25, 0.3) is 0 Å². The molecule has 3 rings (SSSR count). The van der Waals surface area contributed by atoms with Crippen molar-refractivity contribution in [3.8, 4) is 0 Å². The van der Waals surface area contributed by atoms with E-state index < -0.39 is 5.82 Å². The molecule has 6 heteroatoms. The fourth-order valence-corrected chi connectivity index (χ4v) is 3.83. The van der Waals surface area contributed by atoms with Gasteiger partial charge in [0, 0.05) is 13.0 Å². The van der Waals surface area contributed by atoms with Crippen molar-refractivity contribution in [3.05, 3.63) is 65.5 Å². The van der Waals surface area contributed by atoms with E-state index in [0.717, 1.165) is 51.4 Å². The second-order valence-electron chi connectivity index (χ2n) is 7.91. The second kappa shape index (κ2) is 11.4. The molecule has 1 heterocycles. The molecule has 0 spiro atoms. The number of nitrogens with zero attached hydrogens (tertiary/aromatic N) is 1. The Morgan fingerprint density at radius 1 is 0.742 bits per heavy atom. The Labute approximate surface area is 182 Å². The minimum atomic E-state index is -0.418. The van der Waals surface area contributed by atoms with E-state index in [2.05, 4.69) is 5.32 Å². The molecule has 31 heavy (non-hydrogen) atoms. The molecule has 0 fully saturated rings. The van der Waals surface area contributed by atoms with Gasteiger partial charge in [-0.1, -0.05) is 62.8 Å². The molecule has 5 nitrogen and oxygen atoms in total. The molecular formula is C25H29FN2O3. The molecule has 164 valence electrons. The van der Waals surface area contributed by atoms with Crippen LogP contribution < -0.4 is 5.32 Å². The van der Waals surface area contributed by atoms with Gasteiger partial charge in [-0.25, -0.2) is 4.39 Å². The zero-order valence-corrected chi connectivity index (χ0v) is 17.7.